The number of hydrogen-bond acceptors (Lipinski definition) is 2. The standard InChI is InChI=1S/C17H15NO/c19-18-17(15-9-11-5-1-3-7-13(11)15)16-10-12-6-2-4-8-14(12)16/h1-8,15-16,19H,9-10H2. The van der Waals surface area contributed by atoms with Gasteiger partial charge in [0.25, 0.3) is 0 Å². The highest BCUT2D eigenvalue weighted by molar-refractivity contribution is 6.00. The molecule has 2 heteroatoms. The van der Waals surface area contributed by atoms with Crippen LogP contribution in [0.4, 0.5) is 0 Å². The van der Waals surface area contributed by atoms with Crippen LogP contribution >= 0.6 is 0 Å². The Labute approximate surface area is 112 Å². The van der Waals surface area contributed by atoms with Gasteiger partial charge >= 0.3 is 0 Å². The molecule has 2 aromatic rings. The van der Waals surface area contributed by atoms with Gasteiger partial charge in [-0.25, -0.2) is 0 Å². The van der Waals surface area contributed by atoms with Crippen molar-refractivity contribution in [3.63, 3.8) is 0 Å². The van der Waals surface area contributed by atoms with Gasteiger partial charge in [0, 0.05) is 11.8 Å². The lowest BCUT2D eigenvalue weighted by atomic mass is 9.65. The third-order valence-electron chi connectivity index (χ3n) is 4.54. The third kappa shape index (κ3) is 1.46. The van der Waals surface area contributed by atoms with Crippen LogP contribution in [0.15, 0.2) is 53.7 Å². The number of benzene rings is 2. The third-order valence-corrected chi connectivity index (χ3v) is 4.54. The van der Waals surface area contributed by atoms with Crippen molar-refractivity contribution < 1.29 is 5.21 Å². The first-order chi connectivity index (χ1) is 9.38. The summed E-state index contributed by atoms with van der Waals surface area (Å²) in [4.78, 5) is 0. The van der Waals surface area contributed by atoms with Gasteiger partial charge in [0.15, 0.2) is 0 Å². The first-order valence-electron chi connectivity index (χ1n) is 6.76. The Kier molecular flexibility index (Phi) is 2.25. The second-order valence-electron chi connectivity index (χ2n) is 5.44. The Morgan fingerprint density at radius 1 is 0.842 bits per heavy atom. The summed E-state index contributed by atoms with van der Waals surface area (Å²) in [6.45, 7) is 0. The van der Waals surface area contributed by atoms with Gasteiger partial charge in [-0.15, -0.1) is 0 Å². The van der Waals surface area contributed by atoms with Crippen molar-refractivity contribution in [2.45, 2.75) is 24.7 Å². The van der Waals surface area contributed by atoms with Gasteiger partial charge in [0.1, 0.15) is 0 Å². The van der Waals surface area contributed by atoms with Crippen molar-refractivity contribution >= 4 is 5.71 Å². The van der Waals surface area contributed by atoms with Crippen LogP contribution in [0.3, 0.4) is 0 Å². The zero-order chi connectivity index (χ0) is 12.8. The van der Waals surface area contributed by atoms with Gasteiger partial charge in [-0.05, 0) is 35.1 Å². The molecule has 2 nitrogen and oxygen atoms in total. The van der Waals surface area contributed by atoms with E-state index in [1.54, 1.807) is 0 Å². The Hall–Kier alpha value is -2.09. The fraction of sp³-hybridized carbons (Fsp3) is 0.235. The maximum atomic E-state index is 9.44. The molecule has 0 spiro atoms. The Morgan fingerprint density at radius 3 is 1.74 bits per heavy atom. The maximum Gasteiger partial charge on any atom is 0.0726 e. The van der Waals surface area contributed by atoms with E-state index in [0.29, 0.717) is 11.8 Å². The highest BCUT2D eigenvalue weighted by atomic mass is 16.4. The van der Waals surface area contributed by atoms with Crippen molar-refractivity contribution in [2.24, 2.45) is 5.16 Å². The van der Waals surface area contributed by atoms with Crippen LogP contribution in [-0.4, -0.2) is 10.9 Å². The second-order valence-corrected chi connectivity index (χ2v) is 5.44. The van der Waals surface area contributed by atoms with Crippen LogP contribution in [0.5, 0.6) is 0 Å². The number of oxime groups is 1. The largest absolute Gasteiger partial charge is 0.411 e. The van der Waals surface area contributed by atoms with Gasteiger partial charge in [-0.1, -0.05) is 53.7 Å². The highest BCUT2D eigenvalue weighted by Crippen LogP contribution is 2.44. The molecule has 0 amide bonds. The minimum Gasteiger partial charge on any atom is -0.411 e. The maximum absolute atomic E-state index is 9.44. The van der Waals surface area contributed by atoms with Gasteiger partial charge in [0.2, 0.25) is 0 Å². The van der Waals surface area contributed by atoms with Crippen molar-refractivity contribution in [3.05, 3.63) is 70.8 Å². The first kappa shape index (κ1) is 10.8. The predicted octanol–water partition coefficient (Wildman–Crippen LogP) is 3.50. The number of hydrogen-bond donors (Lipinski definition) is 1. The summed E-state index contributed by atoms with van der Waals surface area (Å²) in [6.07, 6.45) is 2.02. The van der Waals surface area contributed by atoms with E-state index in [4.69, 9.17) is 0 Å². The second kappa shape index (κ2) is 3.95. The van der Waals surface area contributed by atoms with Crippen molar-refractivity contribution in [1.82, 2.24) is 0 Å². The van der Waals surface area contributed by atoms with Crippen molar-refractivity contribution in [3.8, 4) is 0 Å². The monoisotopic (exact) mass is 249 g/mol. The fourth-order valence-corrected chi connectivity index (χ4v) is 3.43. The first-order valence-corrected chi connectivity index (χ1v) is 6.76. The summed E-state index contributed by atoms with van der Waals surface area (Å²) in [7, 11) is 0. The number of fused-ring (bicyclic) bond motifs is 2. The molecule has 0 heterocycles. The molecule has 2 unspecified atom stereocenters. The Balaban J connectivity index is 1.66. The van der Waals surface area contributed by atoms with Crippen LogP contribution in [0.2, 0.25) is 0 Å². The van der Waals surface area contributed by atoms with Gasteiger partial charge < -0.3 is 5.21 Å². The minimum absolute atomic E-state index is 0.305. The molecule has 0 fully saturated rings. The Morgan fingerprint density at radius 2 is 1.32 bits per heavy atom. The van der Waals surface area contributed by atoms with Gasteiger partial charge in [-0.3, -0.25) is 0 Å². The molecular formula is C17H15NO. The van der Waals surface area contributed by atoms with Crippen LogP contribution < -0.4 is 0 Å². The summed E-state index contributed by atoms with van der Waals surface area (Å²) < 4.78 is 0. The van der Waals surface area contributed by atoms with Gasteiger partial charge in [0.05, 0.1) is 5.71 Å². The fourth-order valence-electron chi connectivity index (χ4n) is 3.43. The molecule has 0 aromatic heterocycles. The summed E-state index contributed by atoms with van der Waals surface area (Å²) >= 11 is 0. The SMILES string of the molecule is ON=C(C1Cc2ccccc21)C1Cc2ccccc21. The van der Waals surface area contributed by atoms with Crippen LogP contribution in [0.1, 0.15) is 34.1 Å². The Bertz CT molecular complexity index is 619. The molecule has 2 atom stereocenters. The van der Waals surface area contributed by atoms with E-state index in [2.05, 4.69) is 53.7 Å². The zero-order valence-corrected chi connectivity index (χ0v) is 10.6. The molecule has 0 aliphatic heterocycles. The topological polar surface area (TPSA) is 32.6 Å². The van der Waals surface area contributed by atoms with E-state index >= 15 is 0 Å². The normalized spacial score (nSPS) is 22.5. The summed E-state index contributed by atoms with van der Waals surface area (Å²) in [6, 6.07) is 16.9. The van der Waals surface area contributed by atoms with Gasteiger partial charge in [-0.2, -0.15) is 0 Å². The van der Waals surface area contributed by atoms with E-state index in [1.807, 2.05) is 0 Å². The minimum atomic E-state index is 0.305. The molecule has 2 aromatic carbocycles. The van der Waals surface area contributed by atoms with Crippen molar-refractivity contribution in [1.29, 1.82) is 0 Å². The van der Waals surface area contributed by atoms with Crippen LogP contribution in [0, 0.1) is 0 Å². The van der Waals surface area contributed by atoms with E-state index in [1.165, 1.54) is 22.3 Å². The molecule has 2 aliphatic carbocycles. The van der Waals surface area contributed by atoms with Crippen LogP contribution in [-0.2, 0) is 12.8 Å². The number of nitrogens with zero attached hydrogens (tertiary/aromatic N) is 1. The van der Waals surface area contributed by atoms with Crippen molar-refractivity contribution in [2.75, 3.05) is 0 Å². The number of rotatable bonds is 2. The molecule has 94 valence electrons. The van der Waals surface area contributed by atoms with E-state index in [9.17, 15) is 5.21 Å². The summed E-state index contributed by atoms with van der Waals surface area (Å²) in [5, 5.41) is 13.1. The molecule has 1 N–H and O–H groups in total. The zero-order valence-electron chi connectivity index (χ0n) is 10.6. The average molecular weight is 249 g/mol. The van der Waals surface area contributed by atoms with E-state index in [0.717, 1.165) is 18.6 Å². The summed E-state index contributed by atoms with van der Waals surface area (Å²) in [5.74, 6) is 0.610. The highest BCUT2D eigenvalue weighted by Gasteiger charge is 2.39. The molecule has 0 saturated carbocycles. The summed E-state index contributed by atoms with van der Waals surface area (Å²) in [5.41, 5.74) is 6.39. The molecule has 2 aliphatic rings. The average Bonchev–Trinajstić information content (AvgIpc) is 2.39. The predicted molar refractivity (Wildman–Crippen MR) is 75.0 cm³/mol. The van der Waals surface area contributed by atoms with E-state index in [-0.39, 0.29) is 0 Å². The van der Waals surface area contributed by atoms with E-state index < -0.39 is 0 Å². The molecule has 4 rings (SSSR count). The lowest BCUT2D eigenvalue weighted by molar-refractivity contribution is 0.312. The van der Waals surface area contributed by atoms with Crippen LogP contribution in [0.25, 0.3) is 0 Å². The molecule has 0 bridgehead atoms. The molecular weight excluding hydrogens is 234 g/mol. The molecule has 19 heavy (non-hydrogen) atoms. The smallest absolute Gasteiger partial charge is 0.0726 e. The quantitative estimate of drug-likeness (QED) is 0.493. The lowest BCUT2D eigenvalue weighted by Crippen LogP contribution is -2.34. The molecule has 0 radical (unpaired) electrons. The lowest BCUT2D eigenvalue weighted by Gasteiger charge is -2.38. The molecule has 0 saturated heterocycles.